The van der Waals surface area contributed by atoms with E-state index in [4.69, 9.17) is 28.2 Å². The van der Waals surface area contributed by atoms with E-state index in [-0.39, 0.29) is 17.3 Å². The summed E-state index contributed by atoms with van der Waals surface area (Å²) in [5.41, 5.74) is 10.7. The number of nitrogens with two attached hydrogens (primary N) is 2. The Morgan fingerprint density at radius 3 is 2.20 bits per heavy atom. The van der Waals surface area contributed by atoms with E-state index in [0.29, 0.717) is 5.02 Å². The Morgan fingerprint density at radius 1 is 1.20 bits per heavy atom. The van der Waals surface area contributed by atoms with E-state index in [1.165, 1.54) is 24.6 Å². The van der Waals surface area contributed by atoms with Gasteiger partial charge in [-0.25, -0.2) is 9.59 Å². The summed E-state index contributed by atoms with van der Waals surface area (Å²) in [6.07, 6.45) is 3.47. The molecule has 6 nitrogen and oxygen atoms in total. The summed E-state index contributed by atoms with van der Waals surface area (Å²) in [4.78, 5) is 22.6. The van der Waals surface area contributed by atoms with Gasteiger partial charge in [-0.1, -0.05) is 11.6 Å². The van der Waals surface area contributed by atoms with E-state index >= 15 is 0 Å². The zero-order valence-electron chi connectivity index (χ0n) is 11.0. The quantitative estimate of drug-likeness (QED) is 0.690. The SMILES string of the molecule is NC(=O)N1CCCCC1.Nc1cc(Cl)ccc1C(=O)O. The number of nitrogens with zero attached hydrogens (tertiary/aromatic N) is 1. The third-order valence-electron chi connectivity index (χ3n) is 2.91. The molecule has 0 radical (unpaired) electrons. The van der Waals surface area contributed by atoms with Crippen molar-refractivity contribution in [2.45, 2.75) is 19.3 Å². The Kier molecular flexibility index (Phi) is 6.11. The molecular weight excluding hydrogens is 282 g/mol. The van der Waals surface area contributed by atoms with Crippen LogP contribution in [0.2, 0.25) is 5.02 Å². The molecular formula is C13H18ClN3O3. The number of hydrogen-bond donors (Lipinski definition) is 3. The van der Waals surface area contributed by atoms with Crippen LogP contribution in [0, 0.1) is 0 Å². The van der Waals surface area contributed by atoms with Gasteiger partial charge in [-0.3, -0.25) is 0 Å². The first kappa shape index (κ1) is 16.1. The number of carbonyl (C=O) groups is 2. The Balaban J connectivity index is 0.000000204. The van der Waals surface area contributed by atoms with E-state index < -0.39 is 5.97 Å². The number of hydrogen-bond acceptors (Lipinski definition) is 3. The first-order chi connectivity index (χ1) is 9.41. The number of halogens is 1. The van der Waals surface area contributed by atoms with Gasteiger partial charge in [0.05, 0.1) is 5.56 Å². The number of amides is 2. The van der Waals surface area contributed by atoms with Gasteiger partial charge in [0.25, 0.3) is 0 Å². The van der Waals surface area contributed by atoms with Crippen LogP contribution in [0.5, 0.6) is 0 Å². The average Bonchev–Trinajstić information content (AvgIpc) is 2.40. The standard InChI is InChI=1S/C7H6ClNO2.C6H12N2O/c8-4-1-2-5(7(10)11)6(9)3-4;7-6(9)8-4-2-1-3-5-8/h1-3H,9H2,(H,10,11);1-5H2,(H2,7,9). The number of nitrogen functional groups attached to an aromatic ring is 1. The summed E-state index contributed by atoms with van der Waals surface area (Å²) in [5.74, 6) is -1.04. The molecule has 0 aromatic heterocycles. The van der Waals surface area contributed by atoms with Gasteiger partial charge in [-0.05, 0) is 37.5 Å². The molecule has 0 unspecified atom stereocenters. The lowest BCUT2D eigenvalue weighted by atomic mass is 10.1. The minimum Gasteiger partial charge on any atom is -0.478 e. The van der Waals surface area contributed by atoms with Crippen LogP contribution in [-0.4, -0.2) is 35.1 Å². The Hall–Kier alpha value is -1.95. The third kappa shape index (κ3) is 4.97. The molecule has 1 saturated heterocycles. The molecule has 110 valence electrons. The van der Waals surface area contributed by atoms with Crippen LogP contribution in [0.25, 0.3) is 0 Å². The monoisotopic (exact) mass is 299 g/mol. The lowest BCUT2D eigenvalue weighted by Crippen LogP contribution is -2.39. The summed E-state index contributed by atoms with van der Waals surface area (Å²) in [7, 11) is 0. The molecule has 1 heterocycles. The molecule has 1 aromatic carbocycles. The number of aromatic carboxylic acids is 1. The fourth-order valence-electron chi connectivity index (χ4n) is 1.84. The number of rotatable bonds is 1. The Bertz CT molecular complexity index is 488. The van der Waals surface area contributed by atoms with Crippen molar-refractivity contribution in [3.05, 3.63) is 28.8 Å². The Morgan fingerprint density at radius 2 is 1.80 bits per heavy atom. The number of piperidine rings is 1. The molecule has 2 amide bonds. The van der Waals surface area contributed by atoms with E-state index in [0.717, 1.165) is 25.9 Å². The van der Waals surface area contributed by atoms with Gasteiger partial charge in [0.2, 0.25) is 0 Å². The fourth-order valence-corrected chi connectivity index (χ4v) is 2.02. The number of carboxylic acid groups (broad SMARTS) is 1. The van der Waals surface area contributed by atoms with E-state index in [1.54, 1.807) is 4.90 Å². The van der Waals surface area contributed by atoms with Crippen LogP contribution >= 0.6 is 11.6 Å². The Labute approximate surface area is 122 Å². The predicted octanol–water partition coefficient (Wildman–Crippen LogP) is 2.17. The van der Waals surface area contributed by atoms with E-state index in [1.807, 2.05) is 0 Å². The highest BCUT2D eigenvalue weighted by molar-refractivity contribution is 6.31. The molecule has 1 aliphatic rings. The van der Waals surface area contributed by atoms with Crippen molar-refractivity contribution in [1.82, 2.24) is 4.90 Å². The second-order valence-electron chi connectivity index (χ2n) is 4.42. The third-order valence-corrected chi connectivity index (χ3v) is 3.15. The lowest BCUT2D eigenvalue weighted by molar-refractivity contribution is 0.0698. The van der Waals surface area contributed by atoms with Gasteiger partial charge in [0.1, 0.15) is 0 Å². The molecule has 20 heavy (non-hydrogen) atoms. The van der Waals surface area contributed by atoms with Crippen LogP contribution in [0.15, 0.2) is 18.2 Å². The van der Waals surface area contributed by atoms with Crippen molar-refractivity contribution in [2.75, 3.05) is 18.8 Å². The molecule has 5 N–H and O–H groups in total. The molecule has 0 saturated carbocycles. The smallest absolute Gasteiger partial charge is 0.337 e. The van der Waals surface area contributed by atoms with E-state index in [9.17, 15) is 9.59 Å². The minimum atomic E-state index is -1.04. The summed E-state index contributed by atoms with van der Waals surface area (Å²) in [5, 5.41) is 8.97. The molecule has 0 atom stereocenters. The zero-order valence-corrected chi connectivity index (χ0v) is 11.8. The number of benzene rings is 1. The van der Waals surface area contributed by atoms with Crippen LogP contribution in [0.4, 0.5) is 10.5 Å². The second kappa shape index (κ2) is 7.59. The van der Waals surface area contributed by atoms with Crippen molar-refractivity contribution < 1.29 is 14.7 Å². The summed E-state index contributed by atoms with van der Waals surface area (Å²) in [6.45, 7) is 1.71. The van der Waals surface area contributed by atoms with Gasteiger partial charge in [-0.15, -0.1) is 0 Å². The molecule has 7 heteroatoms. The van der Waals surface area contributed by atoms with Gasteiger partial charge < -0.3 is 21.5 Å². The van der Waals surface area contributed by atoms with Crippen molar-refractivity contribution in [3.63, 3.8) is 0 Å². The van der Waals surface area contributed by atoms with Crippen molar-refractivity contribution >= 4 is 29.3 Å². The molecule has 2 rings (SSSR count). The number of likely N-dealkylation sites (tertiary alicyclic amines) is 1. The van der Waals surface area contributed by atoms with Crippen LogP contribution < -0.4 is 11.5 Å². The largest absolute Gasteiger partial charge is 0.478 e. The predicted molar refractivity (Wildman–Crippen MR) is 77.8 cm³/mol. The van der Waals surface area contributed by atoms with Gasteiger partial charge in [0, 0.05) is 23.8 Å². The fraction of sp³-hybridized carbons (Fsp3) is 0.385. The van der Waals surface area contributed by atoms with Crippen molar-refractivity contribution in [2.24, 2.45) is 5.73 Å². The molecule has 1 aromatic rings. The highest BCUT2D eigenvalue weighted by Gasteiger charge is 2.11. The number of urea groups is 1. The van der Waals surface area contributed by atoms with Gasteiger partial charge >= 0.3 is 12.0 Å². The first-order valence-electron chi connectivity index (χ1n) is 6.24. The molecule has 0 spiro atoms. The maximum absolute atomic E-state index is 10.5. The van der Waals surface area contributed by atoms with Crippen molar-refractivity contribution in [1.29, 1.82) is 0 Å². The average molecular weight is 300 g/mol. The maximum Gasteiger partial charge on any atom is 0.337 e. The van der Waals surface area contributed by atoms with Crippen molar-refractivity contribution in [3.8, 4) is 0 Å². The number of carbonyl (C=O) groups excluding carboxylic acids is 1. The highest BCUT2D eigenvalue weighted by Crippen LogP contribution is 2.17. The summed E-state index contributed by atoms with van der Waals surface area (Å²) >= 11 is 5.55. The summed E-state index contributed by atoms with van der Waals surface area (Å²) in [6, 6.07) is 4.00. The first-order valence-corrected chi connectivity index (χ1v) is 6.62. The minimum absolute atomic E-state index is 0.0781. The molecule has 1 aliphatic heterocycles. The molecule has 0 aliphatic carbocycles. The topological polar surface area (TPSA) is 110 Å². The van der Waals surface area contributed by atoms with Crippen LogP contribution in [0.3, 0.4) is 0 Å². The zero-order chi connectivity index (χ0) is 15.1. The lowest BCUT2D eigenvalue weighted by Gasteiger charge is -2.24. The number of primary amides is 1. The summed E-state index contributed by atoms with van der Waals surface area (Å²) < 4.78 is 0. The highest BCUT2D eigenvalue weighted by atomic mass is 35.5. The maximum atomic E-state index is 10.5. The molecule has 1 fully saturated rings. The number of carboxylic acids is 1. The van der Waals surface area contributed by atoms with Crippen LogP contribution in [0.1, 0.15) is 29.6 Å². The van der Waals surface area contributed by atoms with Gasteiger partial charge in [0.15, 0.2) is 0 Å². The normalized spacial score (nSPS) is 14.2. The number of anilines is 1. The van der Waals surface area contributed by atoms with Crippen LogP contribution in [-0.2, 0) is 0 Å². The second-order valence-corrected chi connectivity index (χ2v) is 4.86. The van der Waals surface area contributed by atoms with Gasteiger partial charge in [-0.2, -0.15) is 0 Å². The molecule has 0 bridgehead atoms. The van der Waals surface area contributed by atoms with E-state index in [2.05, 4.69) is 0 Å².